The first-order valence-corrected chi connectivity index (χ1v) is 7.01. The summed E-state index contributed by atoms with van der Waals surface area (Å²) in [7, 11) is 0. The number of fused-ring (bicyclic) bond motifs is 1. The van der Waals surface area contributed by atoms with Crippen molar-refractivity contribution in [3.63, 3.8) is 0 Å². The van der Waals surface area contributed by atoms with E-state index >= 15 is 0 Å². The molecular weight excluding hydrogens is 260 g/mol. The van der Waals surface area contributed by atoms with E-state index in [0.717, 1.165) is 22.2 Å². The Morgan fingerprint density at radius 3 is 2.43 bits per heavy atom. The first kappa shape index (κ1) is 13.4. The third kappa shape index (κ3) is 2.55. The summed E-state index contributed by atoms with van der Waals surface area (Å²) >= 11 is 0. The number of H-pyrrole nitrogens is 1. The average Bonchev–Trinajstić information content (AvgIpc) is 2.85. The number of benzene rings is 2. The summed E-state index contributed by atoms with van der Waals surface area (Å²) in [5.41, 5.74) is 5.91. The molecule has 3 nitrogen and oxygen atoms in total. The predicted molar refractivity (Wildman–Crippen MR) is 86.9 cm³/mol. The van der Waals surface area contributed by atoms with Gasteiger partial charge in [0.2, 0.25) is 0 Å². The fourth-order valence-corrected chi connectivity index (χ4v) is 2.43. The third-order valence-corrected chi connectivity index (χ3v) is 3.87. The normalized spacial score (nSPS) is 10.8. The van der Waals surface area contributed by atoms with Crippen molar-refractivity contribution < 1.29 is 4.79 Å². The largest absolute Gasteiger partial charge is 0.351 e. The smallest absolute Gasteiger partial charge is 0.272 e. The van der Waals surface area contributed by atoms with E-state index < -0.39 is 0 Å². The second-order valence-corrected chi connectivity index (χ2v) is 5.48. The van der Waals surface area contributed by atoms with Gasteiger partial charge in [0.1, 0.15) is 5.69 Å². The van der Waals surface area contributed by atoms with Crippen LogP contribution in [0.3, 0.4) is 0 Å². The van der Waals surface area contributed by atoms with Crippen molar-refractivity contribution in [2.24, 2.45) is 0 Å². The highest BCUT2D eigenvalue weighted by Gasteiger charge is 2.11. The maximum absolute atomic E-state index is 12.4. The van der Waals surface area contributed by atoms with Gasteiger partial charge in [-0.05, 0) is 61.7 Å². The van der Waals surface area contributed by atoms with Crippen LogP contribution in [0.5, 0.6) is 0 Å². The first-order valence-electron chi connectivity index (χ1n) is 7.01. The zero-order chi connectivity index (χ0) is 15.0. The SMILES string of the molecule is Cc1cc2cc(C(=O)Nc3ccccc3C)[nH]c2cc1C. The summed E-state index contributed by atoms with van der Waals surface area (Å²) in [6.07, 6.45) is 0. The monoisotopic (exact) mass is 278 g/mol. The number of aromatic nitrogens is 1. The van der Waals surface area contributed by atoms with Crippen molar-refractivity contribution in [1.29, 1.82) is 0 Å². The number of rotatable bonds is 2. The maximum atomic E-state index is 12.4. The summed E-state index contributed by atoms with van der Waals surface area (Å²) in [6.45, 7) is 6.13. The van der Waals surface area contributed by atoms with Gasteiger partial charge in [-0.25, -0.2) is 0 Å². The summed E-state index contributed by atoms with van der Waals surface area (Å²) in [5, 5.41) is 4.01. The molecule has 1 heterocycles. The lowest BCUT2D eigenvalue weighted by molar-refractivity contribution is 0.102. The molecule has 1 amide bonds. The molecule has 3 heteroatoms. The van der Waals surface area contributed by atoms with Gasteiger partial charge in [-0.15, -0.1) is 0 Å². The van der Waals surface area contributed by atoms with Crippen LogP contribution in [0.25, 0.3) is 10.9 Å². The van der Waals surface area contributed by atoms with Crippen LogP contribution in [0.1, 0.15) is 27.2 Å². The Hall–Kier alpha value is -2.55. The molecule has 0 fully saturated rings. The maximum Gasteiger partial charge on any atom is 0.272 e. The summed E-state index contributed by atoms with van der Waals surface area (Å²) in [4.78, 5) is 15.6. The molecule has 3 aromatic rings. The molecule has 0 saturated heterocycles. The van der Waals surface area contributed by atoms with Crippen LogP contribution in [-0.4, -0.2) is 10.9 Å². The lowest BCUT2D eigenvalue weighted by Crippen LogP contribution is -2.12. The number of anilines is 1. The number of aromatic amines is 1. The average molecular weight is 278 g/mol. The van der Waals surface area contributed by atoms with Gasteiger partial charge in [0.25, 0.3) is 5.91 Å². The lowest BCUT2D eigenvalue weighted by Gasteiger charge is -2.06. The molecule has 0 saturated carbocycles. The Bertz CT molecular complexity index is 791. The van der Waals surface area contributed by atoms with Gasteiger partial charge < -0.3 is 10.3 Å². The van der Waals surface area contributed by atoms with Crippen LogP contribution in [0, 0.1) is 20.8 Å². The van der Waals surface area contributed by atoms with Crippen molar-refractivity contribution in [1.82, 2.24) is 4.98 Å². The van der Waals surface area contributed by atoms with Gasteiger partial charge in [-0.1, -0.05) is 18.2 Å². The summed E-state index contributed by atoms with van der Waals surface area (Å²) < 4.78 is 0. The topological polar surface area (TPSA) is 44.9 Å². The summed E-state index contributed by atoms with van der Waals surface area (Å²) in [6, 6.07) is 13.8. The molecule has 3 rings (SSSR count). The van der Waals surface area contributed by atoms with Crippen LogP contribution >= 0.6 is 0 Å². The lowest BCUT2D eigenvalue weighted by atomic mass is 10.1. The van der Waals surface area contributed by atoms with Crippen LogP contribution in [0.4, 0.5) is 5.69 Å². The van der Waals surface area contributed by atoms with Crippen molar-refractivity contribution in [2.75, 3.05) is 5.32 Å². The molecule has 0 unspecified atom stereocenters. The number of nitrogens with one attached hydrogen (secondary N) is 2. The molecule has 2 aromatic carbocycles. The van der Waals surface area contributed by atoms with E-state index in [0.29, 0.717) is 5.69 Å². The fraction of sp³-hybridized carbons (Fsp3) is 0.167. The van der Waals surface area contributed by atoms with Crippen LogP contribution in [-0.2, 0) is 0 Å². The minimum atomic E-state index is -0.115. The minimum absolute atomic E-state index is 0.115. The number of aryl methyl sites for hydroxylation is 3. The molecule has 2 N–H and O–H groups in total. The highest BCUT2D eigenvalue weighted by molar-refractivity contribution is 6.06. The summed E-state index contributed by atoms with van der Waals surface area (Å²) in [5.74, 6) is -0.115. The second kappa shape index (κ2) is 5.09. The Kier molecular flexibility index (Phi) is 3.26. The predicted octanol–water partition coefficient (Wildman–Crippen LogP) is 4.35. The van der Waals surface area contributed by atoms with Gasteiger partial charge >= 0.3 is 0 Å². The number of amides is 1. The molecule has 0 aliphatic carbocycles. The van der Waals surface area contributed by atoms with Gasteiger partial charge in [0.05, 0.1) is 0 Å². The Morgan fingerprint density at radius 2 is 1.67 bits per heavy atom. The highest BCUT2D eigenvalue weighted by atomic mass is 16.1. The van der Waals surface area contributed by atoms with E-state index in [9.17, 15) is 4.79 Å². The van der Waals surface area contributed by atoms with Crippen LogP contribution < -0.4 is 5.32 Å². The first-order chi connectivity index (χ1) is 10.0. The molecule has 0 radical (unpaired) electrons. The second-order valence-electron chi connectivity index (χ2n) is 5.48. The van der Waals surface area contributed by atoms with Gasteiger partial charge in [-0.3, -0.25) is 4.79 Å². The van der Waals surface area contributed by atoms with E-state index in [1.165, 1.54) is 11.1 Å². The van der Waals surface area contributed by atoms with Gasteiger partial charge in [0.15, 0.2) is 0 Å². The Balaban J connectivity index is 1.93. The molecule has 21 heavy (non-hydrogen) atoms. The van der Waals surface area contributed by atoms with E-state index in [1.54, 1.807) is 0 Å². The van der Waals surface area contributed by atoms with Crippen molar-refractivity contribution in [3.05, 3.63) is 64.8 Å². The van der Waals surface area contributed by atoms with Crippen LogP contribution in [0.15, 0.2) is 42.5 Å². The van der Waals surface area contributed by atoms with E-state index in [4.69, 9.17) is 0 Å². The highest BCUT2D eigenvalue weighted by Crippen LogP contribution is 2.21. The molecule has 0 spiro atoms. The zero-order valence-electron chi connectivity index (χ0n) is 12.4. The molecule has 1 aromatic heterocycles. The number of para-hydroxylation sites is 1. The van der Waals surface area contributed by atoms with Crippen molar-refractivity contribution in [2.45, 2.75) is 20.8 Å². The molecule has 0 aliphatic heterocycles. The zero-order valence-corrected chi connectivity index (χ0v) is 12.4. The number of hydrogen-bond acceptors (Lipinski definition) is 1. The molecular formula is C18H18N2O. The molecule has 0 bridgehead atoms. The van der Waals surface area contributed by atoms with Crippen LogP contribution in [0.2, 0.25) is 0 Å². The van der Waals surface area contributed by atoms with Crippen molar-refractivity contribution >= 4 is 22.5 Å². The third-order valence-electron chi connectivity index (χ3n) is 3.87. The number of hydrogen-bond donors (Lipinski definition) is 2. The van der Waals surface area contributed by atoms with Gasteiger partial charge in [0, 0.05) is 16.6 Å². The molecule has 0 aliphatic rings. The molecule has 0 atom stereocenters. The van der Waals surface area contributed by atoms with E-state index in [2.05, 4.69) is 36.3 Å². The quantitative estimate of drug-likeness (QED) is 0.719. The standard InChI is InChI=1S/C18H18N2O/c1-11-6-4-5-7-15(11)20-18(21)17-10-14-8-12(2)13(3)9-16(14)19-17/h4-10,19H,1-3H3,(H,20,21). The van der Waals surface area contributed by atoms with Gasteiger partial charge in [-0.2, -0.15) is 0 Å². The van der Waals surface area contributed by atoms with Crippen molar-refractivity contribution in [3.8, 4) is 0 Å². The molecule has 106 valence electrons. The number of carbonyl (C=O) groups excluding carboxylic acids is 1. The van der Waals surface area contributed by atoms with E-state index in [-0.39, 0.29) is 5.91 Å². The minimum Gasteiger partial charge on any atom is -0.351 e. The fourth-order valence-electron chi connectivity index (χ4n) is 2.43. The Labute approximate surface area is 124 Å². The Morgan fingerprint density at radius 1 is 0.952 bits per heavy atom. The number of carbonyl (C=O) groups is 1. The van der Waals surface area contributed by atoms with E-state index in [1.807, 2.05) is 37.3 Å².